The van der Waals surface area contributed by atoms with E-state index < -0.39 is 18.1 Å². The third kappa shape index (κ3) is 7.19. The molecule has 5 rings (SSSR count). The molecule has 2 aromatic heterocycles. The minimum atomic E-state index is -5.08. The number of fused-ring (bicyclic) bond motifs is 1. The lowest BCUT2D eigenvalue weighted by Gasteiger charge is -2.19. The van der Waals surface area contributed by atoms with Crippen LogP contribution in [0.5, 0.6) is 0 Å². The van der Waals surface area contributed by atoms with Crippen molar-refractivity contribution in [2.75, 3.05) is 5.32 Å². The Morgan fingerprint density at radius 2 is 1.69 bits per heavy atom. The van der Waals surface area contributed by atoms with Crippen LogP contribution in [0, 0.1) is 25.2 Å². The molecule has 5 aromatic rings. The molecule has 0 fully saturated rings. The molecule has 1 unspecified atom stereocenters. The van der Waals surface area contributed by atoms with Crippen molar-refractivity contribution in [1.29, 1.82) is 5.26 Å². The van der Waals surface area contributed by atoms with Gasteiger partial charge in [0.1, 0.15) is 11.3 Å². The number of alkyl halides is 3. The fourth-order valence-corrected chi connectivity index (χ4v) is 4.52. The van der Waals surface area contributed by atoms with Gasteiger partial charge in [-0.25, -0.2) is 14.3 Å². The van der Waals surface area contributed by atoms with Crippen LogP contribution in [0.3, 0.4) is 0 Å². The molecule has 0 spiro atoms. The first-order chi connectivity index (χ1) is 21.2. The van der Waals surface area contributed by atoms with E-state index in [9.17, 15) is 27.9 Å². The van der Waals surface area contributed by atoms with Crippen LogP contribution in [0.2, 0.25) is 0 Å². The van der Waals surface area contributed by atoms with E-state index in [1.807, 2.05) is 26.8 Å². The number of halogens is 3. The number of anilines is 1. The number of aromatic nitrogens is 2. The highest BCUT2D eigenvalue weighted by atomic mass is 19.4. The van der Waals surface area contributed by atoms with Crippen molar-refractivity contribution >= 4 is 28.6 Å². The van der Waals surface area contributed by atoms with Crippen molar-refractivity contribution in [3.63, 3.8) is 0 Å². The molecule has 0 saturated carbocycles. The van der Waals surface area contributed by atoms with E-state index >= 15 is 0 Å². The molecule has 230 valence electrons. The largest absolute Gasteiger partial charge is 0.490 e. The number of rotatable bonds is 6. The maximum atomic E-state index is 13.2. The second-order valence-corrected chi connectivity index (χ2v) is 9.96. The zero-order valence-electron chi connectivity index (χ0n) is 24.0. The summed E-state index contributed by atoms with van der Waals surface area (Å²) in [5.41, 5.74) is 5.15. The molecule has 0 amide bonds. The third-order valence-electron chi connectivity index (χ3n) is 6.67. The summed E-state index contributed by atoms with van der Waals surface area (Å²) in [5.74, 6) is -3.41. The molecule has 2 heterocycles. The average Bonchev–Trinajstić information content (AvgIpc) is 3.38. The maximum Gasteiger partial charge on any atom is 0.490 e. The fourth-order valence-electron chi connectivity index (χ4n) is 4.52. The number of nitrogens with one attached hydrogen (secondary N) is 1. The Balaban J connectivity index is 0.000000591. The monoisotopic (exact) mass is 618 g/mol. The normalized spacial score (nSPS) is 11.7. The van der Waals surface area contributed by atoms with Gasteiger partial charge < -0.3 is 19.9 Å². The van der Waals surface area contributed by atoms with E-state index in [2.05, 4.69) is 16.5 Å². The molecule has 45 heavy (non-hydrogen) atoms. The van der Waals surface area contributed by atoms with Gasteiger partial charge in [0.25, 0.3) is 0 Å². The van der Waals surface area contributed by atoms with Crippen molar-refractivity contribution in [2.45, 2.75) is 33.0 Å². The highest BCUT2D eigenvalue weighted by molar-refractivity contribution is 5.94. The third-order valence-corrected chi connectivity index (χ3v) is 6.67. The van der Waals surface area contributed by atoms with E-state index in [4.69, 9.17) is 19.6 Å². The SMILES string of the molecule is Cc1cc(C(C)Nc2ccccc2C(=O)O)c2oc(-c3cn(-c4ccc(C#N)cc4)nc3C)cc(=O)c2c1.O=C(O)C(F)(F)F. The number of para-hydroxylation sites is 1. The van der Waals surface area contributed by atoms with Gasteiger partial charge in [-0.2, -0.15) is 23.5 Å². The number of carbonyl (C=O) groups is 2. The van der Waals surface area contributed by atoms with Crippen LogP contribution >= 0.6 is 0 Å². The Hall–Kier alpha value is -5.90. The van der Waals surface area contributed by atoms with E-state index in [0.717, 1.165) is 16.8 Å². The van der Waals surface area contributed by atoms with Crippen LogP contribution < -0.4 is 10.7 Å². The molecule has 0 aliphatic carbocycles. The summed E-state index contributed by atoms with van der Waals surface area (Å²) in [5, 5.41) is 34.1. The summed E-state index contributed by atoms with van der Waals surface area (Å²) < 4.78 is 39.8. The van der Waals surface area contributed by atoms with Gasteiger partial charge in [-0.15, -0.1) is 0 Å². The predicted molar refractivity (Wildman–Crippen MR) is 158 cm³/mol. The molecule has 10 nitrogen and oxygen atoms in total. The number of hydrogen-bond donors (Lipinski definition) is 3. The van der Waals surface area contributed by atoms with E-state index in [-0.39, 0.29) is 17.0 Å². The predicted octanol–water partition coefficient (Wildman–Crippen LogP) is 6.64. The number of aryl methyl sites for hydroxylation is 2. The molecule has 0 radical (unpaired) electrons. The number of hydrogen-bond acceptors (Lipinski definition) is 7. The molecule has 1 atom stereocenters. The summed E-state index contributed by atoms with van der Waals surface area (Å²) >= 11 is 0. The first-order valence-electron chi connectivity index (χ1n) is 13.2. The lowest BCUT2D eigenvalue weighted by atomic mass is 10.00. The van der Waals surface area contributed by atoms with Gasteiger partial charge in [-0.3, -0.25) is 4.79 Å². The molecular weight excluding hydrogens is 593 g/mol. The molecule has 0 aliphatic heterocycles. The summed E-state index contributed by atoms with van der Waals surface area (Å²) in [6.07, 6.45) is -3.29. The van der Waals surface area contributed by atoms with Crippen molar-refractivity contribution in [2.24, 2.45) is 0 Å². The van der Waals surface area contributed by atoms with Crippen molar-refractivity contribution in [1.82, 2.24) is 9.78 Å². The minimum Gasteiger partial charge on any atom is -0.478 e. The Bertz CT molecular complexity index is 2010. The van der Waals surface area contributed by atoms with Gasteiger partial charge in [-0.1, -0.05) is 18.2 Å². The summed E-state index contributed by atoms with van der Waals surface area (Å²) in [6.45, 7) is 5.64. The summed E-state index contributed by atoms with van der Waals surface area (Å²) in [4.78, 5) is 33.8. The second kappa shape index (κ2) is 12.8. The minimum absolute atomic E-state index is 0.157. The van der Waals surface area contributed by atoms with Gasteiger partial charge in [0.15, 0.2) is 5.43 Å². The van der Waals surface area contributed by atoms with Crippen molar-refractivity contribution < 1.29 is 37.4 Å². The number of aliphatic carboxylic acids is 1. The van der Waals surface area contributed by atoms with Gasteiger partial charge >= 0.3 is 18.1 Å². The van der Waals surface area contributed by atoms with E-state index in [1.165, 1.54) is 12.1 Å². The lowest BCUT2D eigenvalue weighted by Crippen LogP contribution is -2.21. The van der Waals surface area contributed by atoms with Crippen LogP contribution in [0.1, 0.15) is 45.7 Å². The first kappa shape index (κ1) is 32.0. The Morgan fingerprint density at radius 1 is 1.04 bits per heavy atom. The molecular formula is C32H25F3N4O6. The topological polar surface area (TPSA) is 158 Å². The van der Waals surface area contributed by atoms with Crippen molar-refractivity contribution in [3.8, 4) is 23.1 Å². The zero-order valence-corrected chi connectivity index (χ0v) is 24.0. The van der Waals surface area contributed by atoms with E-state index in [1.54, 1.807) is 59.4 Å². The van der Waals surface area contributed by atoms with Crippen molar-refractivity contribution in [3.05, 3.63) is 111 Å². The summed E-state index contributed by atoms with van der Waals surface area (Å²) in [6, 6.07) is 20.7. The number of benzene rings is 3. The van der Waals surface area contributed by atoms with Crippen LogP contribution in [0.4, 0.5) is 18.9 Å². The number of carboxylic acid groups (broad SMARTS) is 2. The average molecular weight is 619 g/mol. The number of carboxylic acids is 2. The molecule has 3 N–H and O–H groups in total. The van der Waals surface area contributed by atoms with Gasteiger partial charge in [0.2, 0.25) is 0 Å². The van der Waals surface area contributed by atoms with Gasteiger partial charge in [0.05, 0.1) is 45.6 Å². The van der Waals surface area contributed by atoms with E-state index in [0.29, 0.717) is 39.2 Å². The molecule has 0 saturated heterocycles. The van der Waals surface area contributed by atoms with Crippen LogP contribution in [-0.2, 0) is 4.79 Å². The standard InChI is InChI=1S/C30H24N4O4.C2HF3O2/c1-17-12-23(18(2)32-26-7-5-4-6-22(26)30(36)37)29-24(13-17)27(35)14-28(38-29)25-16-34(33-19(25)3)21-10-8-20(15-31)9-11-21;3-2(4,5)1(6)7/h4-14,16,18,32H,1-3H3,(H,36,37);(H,6,7). The molecule has 0 bridgehead atoms. The first-order valence-corrected chi connectivity index (χ1v) is 13.2. The maximum absolute atomic E-state index is 13.2. The second-order valence-electron chi connectivity index (χ2n) is 9.96. The Labute approximate surface area is 253 Å². The quantitative estimate of drug-likeness (QED) is 0.190. The Morgan fingerprint density at radius 3 is 2.29 bits per heavy atom. The van der Waals surface area contributed by atoms with Crippen LogP contribution in [0.25, 0.3) is 28.0 Å². The molecule has 3 aromatic carbocycles. The smallest absolute Gasteiger partial charge is 0.478 e. The lowest BCUT2D eigenvalue weighted by molar-refractivity contribution is -0.192. The van der Waals surface area contributed by atoms with Gasteiger partial charge in [-0.05, 0) is 68.8 Å². The Kier molecular flexibility index (Phi) is 9.08. The number of nitriles is 1. The van der Waals surface area contributed by atoms with Gasteiger partial charge in [0, 0.05) is 23.5 Å². The number of nitrogens with zero attached hydrogens (tertiary/aromatic N) is 3. The zero-order chi connectivity index (χ0) is 33.1. The highest BCUT2D eigenvalue weighted by Gasteiger charge is 2.38. The number of aromatic carboxylic acids is 1. The van der Waals surface area contributed by atoms with Crippen LogP contribution in [-0.4, -0.2) is 38.1 Å². The summed E-state index contributed by atoms with van der Waals surface area (Å²) in [7, 11) is 0. The molecule has 13 heteroatoms. The highest BCUT2D eigenvalue weighted by Crippen LogP contribution is 2.32. The fraction of sp³-hybridized carbons (Fsp3) is 0.156. The van der Waals surface area contributed by atoms with Crippen LogP contribution in [0.15, 0.2) is 82.1 Å². The molecule has 0 aliphatic rings.